The number of pyridine rings is 1. The second-order valence-electron chi connectivity index (χ2n) is 6.96. The largest absolute Gasteiger partial charge is 0.393 e. The number of amides is 1. The summed E-state index contributed by atoms with van der Waals surface area (Å²) < 4.78 is 13.9. The number of hydrogen-bond donors (Lipinski definition) is 1. The summed E-state index contributed by atoms with van der Waals surface area (Å²) in [5.41, 5.74) is 1.78. The van der Waals surface area contributed by atoms with Crippen molar-refractivity contribution in [3.8, 4) is 0 Å². The highest BCUT2D eigenvalue weighted by atomic mass is 19.1. The number of aliphatic hydroxyl groups excluding tert-OH is 1. The Labute approximate surface area is 153 Å². The van der Waals surface area contributed by atoms with E-state index in [-0.39, 0.29) is 17.6 Å². The van der Waals surface area contributed by atoms with Crippen LogP contribution in [0.15, 0.2) is 48.8 Å². The lowest BCUT2D eigenvalue weighted by Crippen LogP contribution is -2.46. The van der Waals surface area contributed by atoms with Crippen molar-refractivity contribution < 1.29 is 14.3 Å². The zero-order chi connectivity index (χ0) is 18.4. The molecule has 1 saturated heterocycles. The van der Waals surface area contributed by atoms with Gasteiger partial charge in [0.1, 0.15) is 5.82 Å². The van der Waals surface area contributed by atoms with Crippen molar-refractivity contribution in [2.75, 3.05) is 13.1 Å². The van der Waals surface area contributed by atoms with Crippen LogP contribution < -0.4 is 0 Å². The molecule has 1 amide bonds. The Morgan fingerprint density at radius 2 is 2.00 bits per heavy atom. The number of carbonyl (C=O) groups is 1. The normalized spacial score (nSPS) is 20.2. The van der Waals surface area contributed by atoms with E-state index in [9.17, 15) is 14.3 Å². The van der Waals surface area contributed by atoms with Gasteiger partial charge in [0.2, 0.25) is 5.91 Å². The molecule has 2 aromatic rings. The standard InChI is InChI=1S/C21H25FN2O2/c22-19-6-2-1-5-17(19)14-18-15-24(13-10-20(18)25)21(26)7-3-4-16-8-11-23-12-9-16/h1-2,5-6,8-9,11-12,18,20,25H,3-4,7,10,13-15H2/t18-,20+/m1/s1. The van der Waals surface area contributed by atoms with E-state index in [1.165, 1.54) is 11.6 Å². The Kier molecular flexibility index (Phi) is 6.34. The summed E-state index contributed by atoms with van der Waals surface area (Å²) in [6.45, 7) is 1.06. The number of likely N-dealkylation sites (tertiary alicyclic amines) is 1. The Bertz CT molecular complexity index is 723. The first-order valence-corrected chi connectivity index (χ1v) is 9.21. The third-order valence-corrected chi connectivity index (χ3v) is 5.09. The van der Waals surface area contributed by atoms with Crippen LogP contribution in [0, 0.1) is 11.7 Å². The molecule has 1 aliphatic rings. The fourth-order valence-electron chi connectivity index (χ4n) is 3.54. The van der Waals surface area contributed by atoms with Crippen molar-refractivity contribution in [3.63, 3.8) is 0 Å². The highest BCUT2D eigenvalue weighted by Crippen LogP contribution is 2.23. The molecule has 3 rings (SSSR count). The highest BCUT2D eigenvalue weighted by Gasteiger charge is 2.30. The molecule has 0 radical (unpaired) electrons. The SMILES string of the molecule is O=C(CCCc1ccncc1)N1CC[C@H](O)[C@H](Cc2ccccc2F)C1. The van der Waals surface area contributed by atoms with Gasteiger partial charge in [-0.05, 0) is 55.0 Å². The molecule has 0 saturated carbocycles. The number of aliphatic hydroxyl groups is 1. The molecule has 1 N–H and O–H groups in total. The van der Waals surface area contributed by atoms with Gasteiger partial charge < -0.3 is 10.0 Å². The number of piperidine rings is 1. The van der Waals surface area contributed by atoms with Crippen LogP contribution in [0.1, 0.15) is 30.4 Å². The summed E-state index contributed by atoms with van der Waals surface area (Å²) in [6.07, 6.45) is 6.17. The lowest BCUT2D eigenvalue weighted by Gasteiger charge is -2.36. The van der Waals surface area contributed by atoms with Crippen molar-refractivity contribution in [2.45, 2.75) is 38.2 Å². The maximum Gasteiger partial charge on any atom is 0.222 e. The number of carbonyl (C=O) groups excluding carboxylic acids is 1. The van der Waals surface area contributed by atoms with E-state index in [1.807, 2.05) is 17.0 Å². The van der Waals surface area contributed by atoms with Gasteiger partial charge in [-0.2, -0.15) is 0 Å². The number of hydrogen-bond acceptors (Lipinski definition) is 3. The van der Waals surface area contributed by atoms with Crippen LogP contribution in [-0.4, -0.2) is 40.1 Å². The zero-order valence-corrected chi connectivity index (χ0v) is 14.9. The number of rotatable bonds is 6. The van der Waals surface area contributed by atoms with E-state index in [0.717, 1.165) is 12.8 Å². The molecule has 1 aromatic carbocycles. The first-order chi connectivity index (χ1) is 12.6. The molecule has 0 aliphatic carbocycles. The van der Waals surface area contributed by atoms with Gasteiger partial charge in [-0.15, -0.1) is 0 Å². The van der Waals surface area contributed by atoms with Gasteiger partial charge in [0.15, 0.2) is 0 Å². The maximum absolute atomic E-state index is 13.9. The predicted octanol–water partition coefficient (Wildman–Crippen LogP) is 3.00. The second-order valence-corrected chi connectivity index (χ2v) is 6.96. The van der Waals surface area contributed by atoms with Crippen molar-refractivity contribution >= 4 is 5.91 Å². The molecule has 2 heterocycles. The topological polar surface area (TPSA) is 53.4 Å². The first-order valence-electron chi connectivity index (χ1n) is 9.21. The van der Waals surface area contributed by atoms with Gasteiger partial charge in [0, 0.05) is 37.8 Å². The molecular weight excluding hydrogens is 331 g/mol. The lowest BCUT2D eigenvalue weighted by molar-refractivity contribution is -0.135. The number of halogens is 1. The van der Waals surface area contributed by atoms with Gasteiger partial charge in [-0.3, -0.25) is 9.78 Å². The number of aromatic nitrogens is 1. The minimum absolute atomic E-state index is 0.115. The predicted molar refractivity (Wildman–Crippen MR) is 98.0 cm³/mol. The number of benzene rings is 1. The summed E-state index contributed by atoms with van der Waals surface area (Å²) in [6, 6.07) is 10.6. The quantitative estimate of drug-likeness (QED) is 0.866. The fourth-order valence-corrected chi connectivity index (χ4v) is 3.54. The van der Waals surface area contributed by atoms with E-state index in [0.29, 0.717) is 37.9 Å². The van der Waals surface area contributed by atoms with Gasteiger partial charge in [-0.1, -0.05) is 18.2 Å². The molecule has 1 fully saturated rings. The molecule has 2 atom stereocenters. The number of nitrogens with zero attached hydrogens (tertiary/aromatic N) is 2. The summed E-state index contributed by atoms with van der Waals surface area (Å²) in [7, 11) is 0. The van der Waals surface area contributed by atoms with Crippen molar-refractivity contribution in [1.29, 1.82) is 0 Å². The van der Waals surface area contributed by atoms with Crippen LogP contribution in [0.4, 0.5) is 4.39 Å². The van der Waals surface area contributed by atoms with Crippen LogP contribution >= 0.6 is 0 Å². The minimum Gasteiger partial charge on any atom is -0.393 e. The number of aryl methyl sites for hydroxylation is 1. The molecule has 0 unspecified atom stereocenters. The molecule has 0 spiro atoms. The van der Waals surface area contributed by atoms with Crippen LogP contribution in [-0.2, 0) is 17.6 Å². The van der Waals surface area contributed by atoms with Gasteiger partial charge >= 0.3 is 0 Å². The van der Waals surface area contributed by atoms with Crippen LogP contribution in [0.25, 0.3) is 0 Å². The van der Waals surface area contributed by atoms with E-state index < -0.39 is 6.10 Å². The van der Waals surface area contributed by atoms with E-state index >= 15 is 0 Å². The summed E-state index contributed by atoms with van der Waals surface area (Å²) in [4.78, 5) is 18.3. The minimum atomic E-state index is -0.490. The average molecular weight is 356 g/mol. The van der Waals surface area contributed by atoms with Crippen LogP contribution in [0.3, 0.4) is 0 Å². The molecule has 26 heavy (non-hydrogen) atoms. The molecule has 5 heteroatoms. The van der Waals surface area contributed by atoms with Crippen molar-refractivity contribution in [3.05, 3.63) is 65.7 Å². The van der Waals surface area contributed by atoms with E-state index in [4.69, 9.17) is 0 Å². The average Bonchev–Trinajstić information content (AvgIpc) is 2.66. The van der Waals surface area contributed by atoms with E-state index in [1.54, 1.807) is 30.6 Å². The summed E-state index contributed by atoms with van der Waals surface area (Å²) in [5, 5.41) is 10.3. The lowest BCUT2D eigenvalue weighted by atomic mass is 9.88. The Morgan fingerprint density at radius 3 is 2.77 bits per heavy atom. The van der Waals surface area contributed by atoms with Crippen molar-refractivity contribution in [1.82, 2.24) is 9.88 Å². The second kappa shape index (κ2) is 8.90. The van der Waals surface area contributed by atoms with Crippen LogP contribution in [0.2, 0.25) is 0 Å². The van der Waals surface area contributed by atoms with E-state index in [2.05, 4.69) is 4.98 Å². The molecule has 4 nitrogen and oxygen atoms in total. The fraction of sp³-hybridized carbons (Fsp3) is 0.429. The maximum atomic E-state index is 13.9. The van der Waals surface area contributed by atoms with Gasteiger partial charge in [0.25, 0.3) is 0 Å². The Morgan fingerprint density at radius 1 is 1.23 bits per heavy atom. The third kappa shape index (κ3) is 4.88. The molecule has 1 aliphatic heterocycles. The Hall–Kier alpha value is -2.27. The van der Waals surface area contributed by atoms with Crippen molar-refractivity contribution in [2.24, 2.45) is 5.92 Å². The smallest absolute Gasteiger partial charge is 0.222 e. The van der Waals surface area contributed by atoms with Gasteiger partial charge in [0.05, 0.1) is 6.10 Å². The first kappa shape index (κ1) is 18.5. The van der Waals surface area contributed by atoms with Crippen LogP contribution in [0.5, 0.6) is 0 Å². The van der Waals surface area contributed by atoms with Gasteiger partial charge in [-0.25, -0.2) is 4.39 Å². The molecular formula is C21H25FN2O2. The monoisotopic (exact) mass is 356 g/mol. The zero-order valence-electron chi connectivity index (χ0n) is 14.9. The summed E-state index contributed by atoms with van der Waals surface area (Å²) >= 11 is 0. The summed E-state index contributed by atoms with van der Waals surface area (Å²) in [5.74, 6) is -0.255. The molecule has 1 aromatic heterocycles. The highest BCUT2D eigenvalue weighted by molar-refractivity contribution is 5.76. The molecule has 138 valence electrons. The third-order valence-electron chi connectivity index (χ3n) is 5.09. The molecule has 0 bridgehead atoms. The Balaban J connectivity index is 1.52.